The molecular weight excluding hydrogens is 340 g/mol. The maximum absolute atomic E-state index is 13.0. The standard InChI is InChI=1S/C20H24N6O/c1-2-24(20(27)17-13-23-26-12-9-21-14-18(17)26)15-16-6-10-25(11-7-16)19-5-3-4-8-22-19/h3-5,8-9,12-14,16H,2,6-7,10-11,15H2,1H3. The van der Waals surface area contributed by atoms with Crippen LogP contribution >= 0.6 is 0 Å². The zero-order valence-electron chi connectivity index (χ0n) is 15.5. The smallest absolute Gasteiger partial charge is 0.257 e. The molecule has 0 aromatic carbocycles. The fraction of sp³-hybridized carbons (Fsp3) is 0.400. The fourth-order valence-electron chi connectivity index (χ4n) is 3.72. The Hall–Kier alpha value is -2.96. The SMILES string of the molecule is CCN(CC1CCN(c2ccccn2)CC1)C(=O)c1cnn2ccncc12. The molecule has 1 aliphatic heterocycles. The normalized spacial score (nSPS) is 15.2. The number of hydrogen-bond donors (Lipinski definition) is 0. The molecule has 0 radical (unpaired) electrons. The lowest BCUT2D eigenvalue weighted by atomic mass is 9.96. The molecule has 3 aromatic rings. The van der Waals surface area contributed by atoms with E-state index in [1.54, 1.807) is 29.3 Å². The molecular formula is C20H24N6O. The van der Waals surface area contributed by atoms with E-state index >= 15 is 0 Å². The average Bonchev–Trinajstić information content (AvgIpc) is 3.17. The Bertz CT molecular complexity index is 901. The Labute approximate surface area is 158 Å². The predicted molar refractivity (Wildman–Crippen MR) is 104 cm³/mol. The van der Waals surface area contributed by atoms with Crippen LogP contribution in [-0.2, 0) is 0 Å². The number of pyridine rings is 1. The van der Waals surface area contributed by atoms with Crippen molar-refractivity contribution < 1.29 is 4.79 Å². The van der Waals surface area contributed by atoms with Crippen molar-refractivity contribution in [1.82, 2.24) is 24.5 Å². The van der Waals surface area contributed by atoms with Crippen molar-refractivity contribution in [2.24, 2.45) is 5.92 Å². The summed E-state index contributed by atoms with van der Waals surface area (Å²) in [5.74, 6) is 1.58. The van der Waals surface area contributed by atoms with E-state index in [2.05, 4.69) is 26.0 Å². The zero-order valence-corrected chi connectivity index (χ0v) is 15.5. The van der Waals surface area contributed by atoms with Crippen LogP contribution in [0.2, 0.25) is 0 Å². The zero-order chi connectivity index (χ0) is 18.6. The molecule has 0 spiro atoms. The third kappa shape index (κ3) is 3.63. The first-order valence-electron chi connectivity index (χ1n) is 9.49. The van der Waals surface area contributed by atoms with Crippen LogP contribution in [-0.4, -0.2) is 56.6 Å². The first-order chi connectivity index (χ1) is 13.3. The van der Waals surface area contributed by atoms with Gasteiger partial charge in [0.1, 0.15) is 5.82 Å². The molecule has 1 amide bonds. The molecule has 3 aromatic heterocycles. The number of carbonyl (C=O) groups is 1. The van der Waals surface area contributed by atoms with Gasteiger partial charge in [-0.15, -0.1) is 0 Å². The summed E-state index contributed by atoms with van der Waals surface area (Å²) in [4.78, 5) is 25.9. The third-order valence-corrected chi connectivity index (χ3v) is 5.29. The van der Waals surface area contributed by atoms with Gasteiger partial charge in [0.25, 0.3) is 5.91 Å². The van der Waals surface area contributed by atoms with Crippen LogP contribution < -0.4 is 4.90 Å². The van der Waals surface area contributed by atoms with Crippen LogP contribution in [0.3, 0.4) is 0 Å². The number of amides is 1. The lowest BCUT2D eigenvalue weighted by Gasteiger charge is -2.35. The van der Waals surface area contributed by atoms with Gasteiger partial charge in [-0.05, 0) is 37.8 Å². The van der Waals surface area contributed by atoms with E-state index in [4.69, 9.17) is 0 Å². The maximum Gasteiger partial charge on any atom is 0.257 e. The van der Waals surface area contributed by atoms with E-state index in [1.165, 1.54) is 0 Å². The molecule has 7 heteroatoms. The van der Waals surface area contributed by atoms with E-state index in [1.807, 2.05) is 30.2 Å². The van der Waals surface area contributed by atoms with Gasteiger partial charge < -0.3 is 9.80 Å². The van der Waals surface area contributed by atoms with Crippen LogP contribution in [0, 0.1) is 5.92 Å². The van der Waals surface area contributed by atoms with Crippen molar-refractivity contribution in [1.29, 1.82) is 0 Å². The van der Waals surface area contributed by atoms with E-state index in [9.17, 15) is 4.79 Å². The third-order valence-electron chi connectivity index (χ3n) is 5.29. The summed E-state index contributed by atoms with van der Waals surface area (Å²) in [7, 11) is 0. The number of hydrogen-bond acceptors (Lipinski definition) is 5. The number of fused-ring (bicyclic) bond motifs is 1. The summed E-state index contributed by atoms with van der Waals surface area (Å²) < 4.78 is 1.69. The fourth-order valence-corrected chi connectivity index (χ4v) is 3.72. The summed E-state index contributed by atoms with van der Waals surface area (Å²) in [5.41, 5.74) is 1.38. The predicted octanol–water partition coefficient (Wildman–Crippen LogP) is 2.50. The maximum atomic E-state index is 13.0. The second-order valence-electron chi connectivity index (χ2n) is 6.93. The number of carbonyl (C=O) groups excluding carboxylic acids is 1. The summed E-state index contributed by atoms with van der Waals surface area (Å²) in [6, 6.07) is 6.02. The molecule has 7 nitrogen and oxygen atoms in total. The van der Waals surface area contributed by atoms with Gasteiger partial charge in [0.15, 0.2) is 0 Å². The van der Waals surface area contributed by atoms with Crippen molar-refractivity contribution >= 4 is 17.2 Å². The van der Waals surface area contributed by atoms with Crippen molar-refractivity contribution in [2.45, 2.75) is 19.8 Å². The lowest BCUT2D eigenvalue weighted by Crippen LogP contribution is -2.41. The second-order valence-corrected chi connectivity index (χ2v) is 6.93. The largest absolute Gasteiger partial charge is 0.357 e. The number of piperidine rings is 1. The minimum atomic E-state index is 0.0349. The number of rotatable bonds is 5. The van der Waals surface area contributed by atoms with Gasteiger partial charge in [-0.25, -0.2) is 9.50 Å². The highest BCUT2D eigenvalue weighted by molar-refractivity contribution is 6.00. The average molecular weight is 364 g/mol. The quantitative estimate of drug-likeness (QED) is 0.696. The molecule has 0 saturated carbocycles. The molecule has 140 valence electrons. The van der Waals surface area contributed by atoms with Crippen molar-refractivity contribution in [3.05, 3.63) is 54.7 Å². The van der Waals surface area contributed by atoms with Crippen LogP contribution in [0.4, 0.5) is 5.82 Å². The molecule has 0 bridgehead atoms. The first-order valence-corrected chi connectivity index (χ1v) is 9.49. The molecule has 1 saturated heterocycles. The van der Waals surface area contributed by atoms with Crippen molar-refractivity contribution in [2.75, 3.05) is 31.1 Å². The highest BCUT2D eigenvalue weighted by Gasteiger charge is 2.25. The summed E-state index contributed by atoms with van der Waals surface area (Å²) in [6.45, 7) is 5.47. The summed E-state index contributed by atoms with van der Waals surface area (Å²) in [5, 5.41) is 4.26. The van der Waals surface area contributed by atoms with E-state index < -0.39 is 0 Å². The summed E-state index contributed by atoms with van der Waals surface area (Å²) >= 11 is 0. The second kappa shape index (κ2) is 7.73. The molecule has 0 unspecified atom stereocenters. The molecule has 4 rings (SSSR count). The Morgan fingerprint density at radius 2 is 2.07 bits per heavy atom. The van der Waals surface area contributed by atoms with Crippen LogP contribution in [0.1, 0.15) is 30.1 Å². The molecule has 1 aliphatic rings. The molecule has 4 heterocycles. The highest BCUT2D eigenvalue weighted by atomic mass is 16.2. The Balaban J connectivity index is 1.40. The van der Waals surface area contributed by atoms with Gasteiger partial charge in [0.2, 0.25) is 0 Å². The Kier molecular flexibility index (Phi) is 5.00. The van der Waals surface area contributed by atoms with E-state index in [0.717, 1.165) is 43.8 Å². The van der Waals surface area contributed by atoms with Gasteiger partial charge in [0, 0.05) is 44.8 Å². The molecule has 27 heavy (non-hydrogen) atoms. The molecule has 0 aliphatic carbocycles. The number of aromatic nitrogens is 4. The van der Waals surface area contributed by atoms with E-state index in [-0.39, 0.29) is 5.91 Å². The number of nitrogens with zero attached hydrogens (tertiary/aromatic N) is 6. The van der Waals surface area contributed by atoms with E-state index in [0.29, 0.717) is 18.0 Å². The molecule has 1 fully saturated rings. The summed E-state index contributed by atoms with van der Waals surface area (Å²) in [6.07, 6.45) is 10.7. The first kappa shape index (κ1) is 17.5. The van der Waals surface area contributed by atoms with Crippen molar-refractivity contribution in [3.63, 3.8) is 0 Å². The van der Waals surface area contributed by atoms with Crippen LogP contribution in [0.15, 0.2) is 49.2 Å². The number of anilines is 1. The van der Waals surface area contributed by atoms with Gasteiger partial charge >= 0.3 is 0 Å². The topological polar surface area (TPSA) is 66.6 Å². The Morgan fingerprint density at radius 3 is 2.81 bits per heavy atom. The Morgan fingerprint density at radius 1 is 1.22 bits per heavy atom. The van der Waals surface area contributed by atoms with Gasteiger partial charge in [-0.2, -0.15) is 5.10 Å². The monoisotopic (exact) mass is 364 g/mol. The highest BCUT2D eigenvalue weighted by Crippen LogP contribution is 2.23. The minimum Gasteiger partial charge on any atom is -0.357 e. The van der Waals surface area contributed by atoms with Crippen LogP contribution in [0.5, 0.6) is 0 Å². The lowest BCUT2D eigenvalue weighted by molar-refractivity contribution is 0.0731. The van der Waals surface area contributed by atoms with Crippen LogP contribution in [0.25, 0.3) is 5.52 Å². The minimum absolute atomic E-state index is 0.0349. The van der Waals surface area contributed by atoms with Crippen molar-refractivity contribution in [3.8, 4) is 0 Å². The molecule has 0 atom stereocenters. The van der Waals surface area contributed by atoms with Gasteiger partial charge in [-0.1, -0.05) is 6.07 Å². The molecule has 0 N–H and O–H groups in total. The van der Waals surface area contributed by atoms with Gasteiger partial charge in [-0.3, -0.25) is 9.78 Å². The van der Waals surface area contributed by atoms with Gasteiger partial charge in [0.05, 0.1) is 23.5 Å².